The second-order valence-electron chi connectivity index (χ2n) is 4.56. The fourth-order valence-corrected chi connectivity index (χ4v) is 2.42. The molecule has 112 valence electrons. The maximum Gasteiger partial charge on any atom is 0.194 e. The van der Waals surface area contributed by atoms with E-state index in [0.717, 1.165) is 16.6 Å². The minimum Gasteiger partial charge on any atom is -0.508 e. The maximum absolute atomic E-state index is 13.2. The van der Waals surface area contributed by atoms with E-state index in [4.69, 9.17) is 0 Å². The summed E-state index contributed by atoms with van der Waals surface area (Å²) in [5.74, 6) is -3.95. The van der Waals surface area contributed by atoms with Crippen LogP contribution in [0.4, 0.5) is 18.9 Å². The van der Waals surface area contributed by atoms with Crippen molar-refractivity contribution in [2.24, 2.45) is 0 Å². The van der Waals surface area contributed by atoms with Crippen LogP contribution in [0.1, 0.15) is 24.9 Å². The highest BCUT2D eigenvalue weighted by Crippen LogP contribution is 2.32. The van der Waals surface area contributed by atoms with Gasteiger partial charge in [-0.25, -0.2) is 13.2 Å². The minimum absolute atomic E-state index is 0.0700. The molecule has 0 amide bonds. The van der Waals surface area contributed by atoms with Gasteiger partial charge in [0.15, 0.2) is 17.5 Å². The molecule has 0 saturated heterocycles. The highest BCUT2D eigenvalue weighted by molar-refractivity contribution is 9.10. The molecule has 0 aliphatic heterocycles. The van der Waals surface area contributed by atoms with Crippen molar-refractivity contribution in [2.75, 3.05) is 5.32 Å². The van der Waals surface area contributed by atoms with Crippen molar-refractivity contribution in [1.29, 1.82) is 0 Å². The lowest BCUT2D eigenvalue weighted by atomic mass is 10.0. The monoisotopic (exact) mass is 359 g/mol. The lowest BCUT2D eigenvalue weighted by Gasteiger charge is -2.20. The number of aromatic hydroxyl groups is 1. The molecule has 2 N–H and O–H groups in total. The van der Waals surface area contributed by atoms with Gasteiger partial charge in [-0.2, -0.15) is 0 Å². The fourth-order valence-electron chi connectivity index (χ4n) is 2.04. The Hall–Kier alpha value is -1.69. The van der Waals surface area contributed by atoms with Crippen LogP contribution in [-0.4, -0.2) is 5.11 Å². The summed E-state index contributed by atoms with van der Waals surface area (Å²) in [6, 6.07) is 6.32. The van der Waals surface area contributed by atoms with E-state index < -0.39 is 17.5 Å². The van der Waals surface area contributed by atoms with Crippen LogP contribution < -0.4 is 5.32 Å². The molecule has 21 heavy (non-hydrogen) atoms. The molecule has 0 heterocycles. The minimum atomic E-state index is -1.50. The Kier molecular flexibility index (Phi) is 4.77. The number of phenols is 1. The summed E-state index contributed by atoms with van der Waals surface area (Å²) in [6.45, 7) is 1.86. The van der Waals surface area contributed by atoms with Gasteiger partial charge in [-0.1, -0.05) is 22.9 Å². The zero-order valence-electron chi connectivity index (χ0n) is 11.1. The highest BCUT2D eigenvalue weighted by Gasteiger charge is 2.16. The second-order valence-corrected chi connectivity index (χ2v) is 5.48. The van der Waals surface area contributed by atoms with Crippen LogP contribution in [-0.2, 0) is 0 Å². The predicted molar refractivity (Wildman–Crippen MR) is 78.8 cm³/mol. The normalized spacial score (nSPS) is 12.2. The van der Waals surface area contributed by atoms with Crippen molar-refractivity contribution >= 4 is 21.6 Å². The Balaban J connectivity index is 2.33. The highest BCUT2D eigenvalue weighted by atomic mass is 79.9. The summed E-state index contributed by atoms with van der Waals surface area (Å²) in [5, 5.41) is 12.8. The first-order valence-electron chi connectivity index (χ1n) is 6.31. The molecule has 2 nitrogen and oxygen atoms in total. The van der Waals surface area contributed by atoms with Crippen LogP contribution in [0, 0.1) is 17.5 Å². The van der Waals surface area contributed by atoms with Gasteiger partial charge in [0.1, 0.15) is 5.75 Å². The Bertz CT molecular complexity index is 640. The summed E-state index contributed by atoms with van der Waals surface area (Å²) in [7, 11) is 0. The Morgan fingerprint density at radius 1 is 1.14 bits per heavy atom. The van der Waals surface area contributed by atoms with Crippen molar-refractivity contribution in [1.82, 2.24) is 0 Å². The Morgan fingerprint density at radius 3 is 2.33 bits per heavy atom. The van der Waals surface area contributed by atoms with E-state index in [9.17, 15) is 18.3 Å². The van der Waals surface area contributed by atoms with Crippen molar-refractivity contribution in [2.45, 2.75) is 19.4 Å². The average molecular weight is 360 g/mol. The lowest BCUT2D eigenvalue weighted by Crippen LogP contribution is -2.11. The van der Waals surface area contributed by atoms with Crippen LogP contribution in [0.25, 0.3) is 0 Å². The standard InChI is InChI=1S/C15H13BrF3NO/c1-2-13(10-5-8(16)3-4-14(10)21)20-9-6-11(17)15(19)12(18)7-9/h3-7,13,20-21H,2H2,1H3. The van der Waals surface area contributed by atoms with Crippen molar-refractivity contribution in [3.8, 4) is 5.75 Å². The number of rotatable bonds is 4. The molecule has 2 aromatic carbocycles. The number of hydrogen-bond donors (Lipinski definition) is 2. The van der Waals surface area contributed by atoms with E-state index in [1.165, 1.54) is 6.07 Å². The third kappa shape index (κ3) is 3.50. The number of halogens is 4. The van der Waals surface area contributed by atoms with E-state index in [1.807, 2.05) is 6.92 Å². The maximum atomic E-state index is 13.2. The zero-order valence-corrected chi connectivity index (χ0v) is 12.7. The molecular weight excluding hydrogens is 347 g/mol. The SMILES string of the molecule is CCC(Nc1cc(F)c(F)c(F)c1)c1cc(Br)ccc1O. The van der Waals surface area contributed by atoms with E-state index in [1.54, 1.807) is 12.1 Å². The van der Waals surface area contributed by atoms with E-state index in [-0.39, 0.29) is 17.5 Å². The molecule has 1 atom stereocenters. The zero-order chi connectivity index (χ0) is 15.6. The predicted octanol–water partition coefficient (Wildman–Crippen LogP) is 5.14. The van der Waals surface area contributed by atoms with Gasteiger partial charge in [-0.3, -0.25) is 0 Å². The first-order chi connectivity index (χ1) is 9.92. The van der Waals surface area contributed by atoms with E-state index in [0.29, 0.717) is 12.0 Å². The topological polar surface area (TPSA) is 32.3 Å². The molecule has 0 bridgehead atoms. The van der Waals surface area contributed by atoms with Gasteiger partial charge in [0.05, 0.1) is 6.04 Å². The third-order valence-electron chi connectivity index (χ3n) is 3.10. The van der Waals surface area contributed by atoms with E-state index >= 15 is 0 Å². The van der Waals surface area contributed by atoms with Crippen molar-refractivity contribution < 1.29 is 18.3 Å². The van der Waals surface area contributed by atoms with Crippen molar-refractivity contribution in [3.05, 3.63) is 57.8 Å². The second kappa shape index (κ2) is 6.39. The fraction of sp³-hybridized carbons (Fsp3) is 0.200. The van der Waals surface area contributed by atoms with Crippen LogP contribution in [0.15, 0.2) is 34.8 Å². The molecule has 0 fully saturated rings. The Labute approximate surface area is 128 Å². The van der Waals surface area contributed by atoms with Gasteiger partial charge < -0.3 is 10.4 Å². The lowest BCUT2D eigenvalue weighted by molar-refractivity contribution is 0.447. The van der Waals surface area contributed by atoms with Crippen LogP contribution in [0.5, 0.6) is 5.75 Å². The molecule has 2 rings (SSSR count). The molecule has 0 saturated carbocycles. The first-order valence-corrected chi connectivity index (χ1v) is 7.11. The van der Waals surface area contributed by atoms with Gasteiger partial charge in [0, 0.05) is 27.9 Å². The molecule has 2 aromatic rings. The van der Waals surface area contributed by atoms with Gasteiger partial charge in [-0.05, 0) is 24.6 Å². The summed E-state index contributed by atoms with van der Waals surface area (Å²) < 4.78 is 40.2. The number of phenolic OH excluding ortho intramolecular Hbond substituents is 1. The smallest absolute Gasteiger partial charge is 0.194 e. The molecule has 6 heteroatoms. The number of benzene rings is 2. The molecular formula is C15H13BrF3NO. The van der Waals surface area contributed by atoms with Gasteiger partial charge in [-0.15, -0.1) is 0 Å². The van der Waals surface area contributed by atoms with Gasteiger partial charge in [0.25, 0.3) is 0 Å². The molecule has 0 aliphatic rings. The summed E-state index contributed by atoms with van der Waals surface area (Å²) >= 11 is 3.30. The number of hydrogen-bond acceptors (Lipinski definition) is 2. The molecule has 0 aromatic heterocycles. The van der Waals surface area contributed by atoms with Crippen LogP contribution >= 0.6 is 15.9 Å². The molecule has 0 aliphatic carbocycles. The summed E-state index contributed by atoms with van der Waals surface area (Å²) in [4.78, 5) is 0. The molecule has 1 unspecified atom stereocenters. The number of nitrogens with one attached hydrogen (secondary N) is 1. The first kappa shape index (κ1) is 15.7. The average Bonchev–Trinajstić information content (AvgIpc) is 2.45. The van der Waals surface area contributed by atoms with Crippen molar-refractivity contribution in [3.63, 3.8) is 0 Å². The number of anilines is 1. The third-order valence-corrected chi connectivity index (χ3v) is 3.59. The Morgan fingerprint density at radius 2 is 1.76 bits per heavy atom. The summed E-state index contributed by atoms with van der Waals surface area (Å²) in [5.41, 5.74) is 0.689. The molecule has 0 spiro atoms. The van der Waals surface area contributed by atoms with Crippen LogP contribution in [0.3, 0.4) is 0 Å². The largest absolute Gasteiger partial charge is 0.508 e. The van der Waals surface area contributed by atoms with Gasteiger partial charge in [0.2, 0.25) is 0 Å². The van der Waals surface area contributed by atoms with Gasteiger partial charge >= 0.3 is 0 Å². The molecule has 0 radical (unpaired) electrons. The van der Waals surface area contributed by atoms with E-state index in [2.05, 4.69) is 21.2 Å². The van der Waals surface area contributed by atoms with Crippen LogP contribution in [0.2, 0.25) is 0 Å². The quantitative estimate of drug-likeness (QED) is 0.741. The summed E-state index contributed by atoms with van der Waals surface area (Å²) in [6.07, 6.45) is 0.560.